The van der Waals surface area contributed by atoms with E-state index in [0.29, 0.717) is 16.9 Å². The van der Waals surface area contributed by atoms with Crippen molar-refractivity contribution in [1.29, 1.82) is 0 Å². The van der Waals surface area contributed by atoms with E-state index in [1.165, 1.54) is 9.54 Å². The molecule has 1 N–H and O–H groups in total. The number of aromatic nitrogens is 4. The number of likely N-dealkylation sites (N-methyl/N-ethyl adjacent to an activating group) is 1. The highest BCUT2D eigenvalue weighted by Crippen LogP contribution is 2.56. The summed E-state index contributed by atoms with van der Waals surface area (Å²) in [6, 6.07) is 16.9. The van der Waals surface area contributed by atoms with Crippen LogP contribution >= 0.6 is 0 Å². The Morgan fingerprint density at radius 3 is 2.30 bits per heavy atom. The van der Waals surface area contributed by atoms with Gasteiger partial charge in [0.25, 0.3) is 10.0 Å². The third-order valence-electron chi connectivity index (χ3n) is 10.1. The monoisotopic (exact) mass is 635 g/mol. The molecule has 0 radical (unpaired) electrons. The number of carbonyl (C=O) groups is 1. The zero-order valence-corrected chi connectivity index (χ0v) is 26.9. The van der Waals surface area contributed by atoms with Gasteiger partial charge in [0, 0.05) is 75.1 Å². The van der Waals surface area contributed by atoms with Gasteiger partial charge < -0.3 is 10.2 Å². The van der Waals surface area contributed by atoms with E-state index in [1.54, 1.807) is 52.3 Å². The fraction of sp³-hybridized carbons (Fsp3) is 0.343. The second-order valence-corrected chi connectivity index (χ2v) is 14.6. The van der Waals surface area contributed by atoms with E-state index in [-0.39, 0.29) is 10.8 Å². The van der Waals surface area contributed by atoms with E-state index in [2.05, 4.69) is 39.6 Å². The quantitative estimate of drug-likeness (QED) is 0.292. The van der Waals surface area contributed by atoms with Gasteiger partial charge in [0.15, 0.2) is 5.65 Å². The van der Waals surface area contributed by atoms with Gasteiger partial charge in [-0.3, -0.25) is 14.4 Å². The lowest BCUT2D eigenvalue weighted by Gasteiger charge is -2.27. The Labute approximate surface area is 268 Å². The number of hydrogen-bond donors (Lipinski definition) is 1. The van der Waals surface area contributed by atoms with E-state index in [9.17, 15) is 13.2 Å². The molecule has 1 amide bonds. The van der Waals surface area contributed by atoms with Crippen LogP contribution in [0.4, 0.5) is 5.69 Å². The zero-order chi connectivity index (χ0) is 31.6. The highest BCUT2D eigenvalue weighted by atomic mass is 32.2. The molecule has 0 unspecified atom stereocenters. The summed E-state index contributed by atoms with van der Waals surface area (Å²) in [6.07, 6.45) is 8.57. The van der Waals surface area contributed by atoms with Crippen molar-refractivity contribution in [2.75, 3.05) is 38.1 Å². The zero-order valence-electron chi connectivity index (χ0n) is 26.1. The maximum atomic E-state index is 14.7. The highest BCUT2D eigenvalue weighted by molar-refractivity contribution is 7.90. The smallest absolute Gasteiger partial charge is 0.269 e. The Hall–Kier alpha value is -4.32. The molecule has 8 rings (SSSR count). The minimum atomic E-state index is -4.12. The number of anilines is 1. The molecule has 46 heavy (non-hydrogen) atoms. The molecule has 2 fully saturated rings. The lowest BCUT2D eigenvalue weighted by atomic mass is 9.78. The number of nitrogens with zero attached hydrogens (tertiary/aromatic N) is 6. The molecule has 3 aliphatic rings. The standard InChI is InChI=1S/C35H37N7O3S/c1-39-23-26(20-38-39)32-29(25-12-10-24(11-13-25)22-41-18-16-36-17-19-41)30-31-28(40(2)34(43)35(31)14-6-7-15-35)21-37-33(30)42(32)46(44,45)27-8-4-3-5-9-27/h3-5,8-13,20-21,23,36H,6-7,14-19,22H2,1-2H3. The van der Waals surface area contributed by atoms with Crippen LogP contribution < -0.4 is 10.2 Å². The Morgan fingerprint density at radius 2 is 1.63 bits per heavy atom. The lowest BCUT2D eigenvalue weighted by Crippen LogP contribution is -2.42. The lowest BCUT2D eigenvalue weighted by molar-refractivity contribution is -0.122. The molecule has 236 valence electrons. The number of amides is 1. The average Bonchev–Trinajstić information content (AvgIpc) is 3.86. The van der Waals surface area contributed by atoms with Crippen LogP contribution in [0.25, 0.3) is 33.4 Å². The molecule has 0 atom stereocenters. The highest BCUT2D eigenvalue weighted by Gasteiger charge is 2.53. The third-order valence-corrected chi connectivity index (χ3v) is 11.8. The van der Waals surface area contributed by atoms with Crippen LogP contribution in [0.1, 0.15) is 36.8 Å². The van der Waals surface area contributed by atoms with Crippen molar-refractivity contribution >= 4 is 32.7 Å². The normalized spacial score (nSPS) is 18.2. The number of carbonyl (C=O) groups excluding carboxylic acids is 1. The number of benzene rings is 2. The minimum absolute atomic E-state index is 0.0632. The molecule has 10 nitrogen and oxygen atoms in total. The van der Waals surface area contributed by atoms with Gasteiger partial charge in [-0.25, -0.2) is 17.4 Å². The number of rotatable bonds is 6. The van der Waals surface area contributed by atoms with Crippen molar-refractivity contribution in [2.45, 2.75) is 42.5 Å². The fourth-order valence-electron chi connectivity index (χ4n) is 7.85. The molecule has 1 saturated carbocycles. The first kappa shape index (κ1) is 29.1. The molecule has 3 aromatic heterocycles. The Kier molecular flexibility index (Phi) is 6.89. The van der Waals surface area contributed by atoms with Crippen molar-refractivity contribution in [3.05, 3.63) is 84.3 Å². The molecular formula is C35H37N7O3S. The second kappa shape index (κ2) is 10.9. The second-order valence-electron chi connectivity index (χ2n) is 12.8. The topological polar surface area (TPSA) is 105 Å². The summed E-state index contributed by atoms with van der Waals surface area (Å²) in [6.45, 7) is 4.81. The SMILES string of the molecule is CN1C(=O)C2(CCCC2)c2c1cnc1c2c(-c2ccc(CN3CCNCC3)cc2)c(-c2cnn(C)c2)n1S(=O)(=O)c1ccccc1. The summed E-state index contributed by atoms with van der Waals surface area (Å²) in [4.78, 5) is 23.2. The van der Waals surface area contributed by atoms with E-state index in [4.69, 9.17) is 4.98 Å². The number of nitrogens with one attached hydrogen (secondary N) is 1. The van der Waals surface area contributed by atoms with Gasteiger partial charge >= 0.3 is 0 Å². The molecule has 11 heteroatoms. The molecule has 2 aliphatic heterocycles. The van der Waals surface area contributed by atoms with Gasteiger partial charge in [0.2, 0.25) is 5.91 Å². The van der Waals surface area contributed by atoms with E-state index < -0.39 is 15.4 Å². The first-order valence-electron chi connectivity index (χ1n) is 16.0. The number of fused-ring (bicyclic) bond motifs is 4. The summed E-state index contributed by atoms with van der Waals surface area (Å²) in [5.41, 5.74) is 5.25. The van der Waals surface area contributed by atoms with E-state index in [1.807, 2.05) is 20.3 Å². The van der Waals surface area contributed by atoms with Gasteiger partial charge in [0.1, 0.15) is 0 Å². The number of piperazine rings is 1. The van der Waals surface area contributed by atoms with Crippen LogP contribution in [0.3, 0.4) is 0 Å². The van der Waals surface area contributed by atoms with Crippen LogP contribution in [-0.2, 0) is 33.8 Å². The van der Waals surface area contributed by atoms with Crippen molar-refractivity contribution in [3.8, 4) is 22.4 Å². The van der Waals surface area contributed by atoms with Crippen molar-refractivity contribution < 1.29 is 13.2 Å². The van der Waals surface area contributed by atoms with Crippen LogP contribution in [-0.4, -0.2) is 71.2 Å². The van der Waals surface area contributed by atoms with Crippen molar-refractivity contribution in [1.82, 2.24) is 29.0 Å². The van der Waals surface area contributed by atoms with Gasteiger partial charge in [0.05, 0.1) is 34.1 Å². The van der Waals surface area contributed by atoms with Gasteiger partial charge in [-0.05, 0) is 36.1 Å². The summed E-state index contributed by atoms with van der Waals surface area (Å²) < 4.78 is 32.5. The molecule has 0 bridgehead atoms. The fourth-order valence-corrected chi connectivity index (χ4v) is 9.36. The number of hydrogen-bond acceptors (Lipinski definition) is 7. The maximum absolute atomic E-state index is 14.7. The third kappa shape index (κ3) is 4.36. The molecule has 5 heterocycles. The molecule has 1 spiro atoms. The van der Waals surface area contributed by atoms with Gasteiger partial charge in [-0.15, -0.1) is 0 Å². The van der Waals surface area contributed by atoms with Crippen LogP contribution in [0.2, 0.25) is 0 Å². The summed E-state index contributed by atoms with van der Waals surface area (Å²) in [5.74, 6) is 0.0632. The average molecular weight is 636 g/mol. The molecular weight excluding hydrogens is 598 g/mol. The van der Waals surface area contributed by atoms with Crippen LogP contribution in [0.5, 0.6) is 0 Å². The first-order valence-corrected chi connectivity index (χ1v) is 17.4. The van der Waals surface area contributed by atoms with E-state index >= 15 is 0 Å². The van der Waals surface area contributed by atoms with Crippen molar-refractivity contribution in [3.63, 3.8) is 0 Å². The largest absolute Gasteiger partial charge is 0.314 e. The Bertz CT molecular complexity index is 2070. The summed E-state index contributed by atoms with van der Waals surface area (Å²) in [5, 5.41) is 8.59. The first-order chi connectivity index (χ1) is 22.3. The Balaban J connectivity index is 1.45. The number of pyridine rings is 1. The van der Waals surface area contributed by atoms with Crippen LogP contribution in [0.15, 0.2) is 78.1 Å². The summed E-state index contributed by atoms with van der Waals surface area (Å²) in [7, 11) is -0.488. The van der Waals surface area contributed by atoms with E-state index in [0.717, 1.165) is 86.2 Å². The minimum Gasteiger partial charge on any atom is -0.314 e. The molecule has 2 aromatic carbocycles. The number of aryl methyl sites for hydroxylation is 1. The molecule has 1 aliphatic carbocycles. The molecule has 1 saturated heterocycles. The molecule has 5 aromatic rings. The predicted molar refractivity (Wildman–Crippen MR) is 178 cm³/mol. The predicted octanol–water partition coefficient (Wildman–Crippen LogP) is 4.53. The van der Waals surface area contributed by atoms with Crippen molar-refractivity contribution in [2.24, 2.45) is 7.05 Å². The van der Waals surface area contributed by atoms with Gasteiger partial charge in [-0.1, -0.05) is 55.3 Å². The summed E-state index contributed by atoms with van der Waals surface area (Å²) >= 11 is 0. The van der Waals surface area contributed by atoms with Crippen LogP contribution in [0, 0.1) is 0 Å². The Morgan fingerprint density at radius 1 is 0.913 bits per heavy atom. The van der Waals surface area contributed by atoms with Gasteiger partial charge in [-0.2, -0.15) is 5.10 Å². The maximum Gasteiger partial charge on any atom is 0.269 e.